The van der Waals surface area contributed by atoms with Crippen molar-refractivity contribution >= 4 is 11.9 Å². The van der Waals surface area contributed by atoms with Gasteiger partial charge in [-0.3, -0.25) is 0 Å². The smallest absolute Gasteiger partial charge is 0.336 e. The highest BCUT2D eigenvalue weighted by molar-refractivity contribution is 5.98. The van der Waals surface area contributed by atoms with Crippen molar-refractivity contribution in [2.75, 3.05) is 0 Å². The highest BCUT2D eigenvalue weighted by Gasteiger charge is 2.42. The highest BCUT2D eigenvalue weighted by atomic mass is 16.4. The van der Waals surface area contributed by atoms with E-state index in [9.17, 15) is 19.8 Å². The number of carboxylic acid groups (broad SMARTS) is 2. The van der Waals surface area contributed by atoms with Gasteiger partial charge in [0.25, 0.3) is 0 Å². The highest BCUT2D eigenvalue weighted by Crippen LogP contribution is 2.52. The zero-order valence-corrected chi connectivity index (χ0v) is 12.7. The molecule has 4 heteroatoms. The van der Waals surface area contributed by atoms with Crippen molar-refractivity contribution in [3.05, 3.63) is 34.4 Å². The maximum absolute atomic E-state index is 11.5. The molecule has 0 radical (unpaired) electrons. The maximum atomic E-state index is 11.5. The van der Waals surface area contributed by atoms with Crippen LogP contribution in [0.25, 0.3) is 0 Å². The van der Waals surface area contributed by atoms with E-state index in [1.807, 2.05) is 0 Å². The van der Waals surface area contributed by atoms with Gasteiger partial charge in [0.05, 0.1) is 11.1 Å². The first-order valence-electron chi connectivity index (χ1n) is 7.43. The Balaban J connectivity index is 2.36. The molecule has 0 aromatic heterocycles. The number of carbonyl (C=O) groups is 2. The molecule has 1 aliphatic rings. The first kappa shape index (κ1) is 15.5. The maximum Gasteiger partial charge on any atom is 0.336 e. The van der Waals surface area contributed by atoms with Crippen molar-refractivity contribution in [1.82, 2.24) is 0 Å². The molecule has 0 bridgehead atoms. The van der Waals surface area contributed by atoms with Gasteiger partial charge in [-0.05, 0) is 54.7 Å². The van der Waals surface area contributed by atoms with E-state index in [0.717, 1.165) is 19.3 Å². The summed E-state index contributed by atoms with van der Waals surface area (Å²) in [4.78, 5) is 22.9. The number of benzene rings is 1. The van der Waals surface area contributed by atoms with Crippen LogP contribution in [0, 0.1) is 18.8 Å². The fraction of sp³-hybridized carbons (Fsp3) is 0.529. The van der Waals surface area contributed by atoms with Crippen LogP contribution in [0.2, 0.25) is 0 Å². The van der Waals surface area contributed by atoms with Gasteiger partial charge in [-0.2, -0.15) is 0 Å². The van der Waals surface area contributed by atoms with E-state index < -0.39 is 11.9 Å². The normalized spacial score (nSPS) is 20.6. The Morgan fingerprint density at radius 3 is 2.43 bits per heavy atom. The minimum Gasteiger partial charge on any atom is -0.478 e. The fourth-order valence-corrected chi connectivity index (χ4v) is 3.05. The molecule has 21 heavy (non-hydrogen) atoms. The molecule has 2 N–H and O–H groups in total. The number of carboxylic acids is 2. The molecule has 4 nitrogen and oxygen atoms in total. The van der Waals surface area contributed by atoms with Crippen molar-refractivity contribution in [2.24, 2.45) is 11.8 Å². The van der Waals surface area contributed by atoms with Crippen molar-refractivity contribution in [1.29, 1.82) is 0 Å². The second-order valence-corrected chi connectivity index (χ2v) is 6.40. The summed E-state index contributed by atoms with van der Waals surface area (Å²) in [6, 6.07) is 3.12. The zero-order chi connectivity index (χ0) is 15.7. The van der Waals surface area contributed by atoms with E-state index in [4.69, 9.17) is 0 Å². The van der Waals surface area contributed by atoms with Gasteiger partial charge in [-0.15, -0.1) is 0 Å². The Bertz CT molecular complexity index is 574. The van der Waals surface area contributed by atoms with Crippen LogP contribution in [-0.4, -0.2) is 22.2 Å². The van der Waals surface area contributed by atoms with Gasteiger partial charge in [-0.1, -0.05) is 26.3 Å². The molecule has 1 saturated carbocycles. The molecule has 1 fully saturated rings. The third-order valence-corrected chi connectivity index (χ3v) is 4.31. The van der Waals surface area contributed by atoms with Gasteiger partial charge in [0.2, 0.25) is 0 Å². The largest absolute Gasteiger partial charge is 0.478 e. The van der Waals surface area contributed by atoms with E-state index in [2.05, 4.69) is 13.8 Å². The Hall–Kier alpha value is -1.84. The SMILES string of the molecule is Cc1ccc(C(=O)O)c(C2CC2CCC(C)C)c1C(=O)O. The summed E-state index contributed by atoms with van der Waals surface area (Å²) >= 11 is 0. The zero-order valence-electron chi connectivity index (χ0n) is 12.7. The molecule has 2 unspecified atom stereocenters. The Morgan fingerprint density at radius 2 is 1.90 bits per heavy atom. The average Bonchev–Trinajstić information content (AvgIpc) is 3.14. The Kier molecular flexibility index (Phi) is 4.35. The van der Waals surface area contributed by atoms with Crippen LogP contribution in [0.3, 0.4) is 0 Å². The van der Waals surface area contributed by atoms with Crippen molar-refractivity contribution in [3.8, 4) is 0 Å². The summed E-state index contributed by atoms with van der Waals surface area (Å²) in [6.07, 6.45) is 3.03. The summed E-state index contributed by atoms with van der Waals surface area (Å²) in [5.74, 6) is -0.949. The van der Waals surface area contributed by atoms with Crippen molar-refractivity contribution in [2.45, 2.75) is 46.0 Å². The van der Waals surface area contributed by atoms with Gasteiger partial charge in [0.1, 0.15) is 0 Å². The van der Waals surface area contributed by atoms with Crippen LogP contribution >= 0.6 is 0 Å². The molecule has 2 atom stereocenters. The predicted molar refractivity (Wildman–Crippen MR) is 80.0 cm³/mol. The lowest BCUT2D eigenvalue weighted by Crippen LogP contribution is -2.11. The van der Waals surface area contributed by atoms with Gasteiger partial charge < -0.3 is 10.2 Å². The van der Waals surface area contributed by atoms with Crippen LogP contribution < -0.4 is 0 Å². The molecule has 0 saturated heterocycles. The molecule has 0 spiro atoms. The topological polar surface area (TPSA) is 74.6 Å². The van der Waals surface area contributed by atoms with E-state index in [-0.39, 0.29) is 17.0 Å². The lowest BCUT2D eigenvalue weighted by Gasteiger charge is -2.13. The molecule has 1 aromatic carbocycles. The standard InChI is InChI=1S/C17H22O4/c1-9(2)4-6-11-8-13(11)15-12(16(18)19)7-5-10(3)14(15)17(20)21/h5,7,9,11,13H,4,6,8H2,1-3H3,(H,18,19)(H,20,21). The van der Waals surface area contributed by atoms with Crippen LogP contribution in [0.15, 0.2) is 12.1 Å². The molecule has 0 heterocycles. The summed E-state index contributed by atoms with van der Waals surface area (Å²) < 4.78 is 0. The quantitative estimate of drug-likeness (QED) is 0.832. The van der Waals surface area contributed by atoms with E-state index >= 15 is 0 Å². The minimum absolute atomic E-state index is 0.0841. The number of rotatable bonds is 6. The van der Waals surface area contributed by atoms with Crippen LogP contribution in [0.1, 0.15) is 70.9 Å². The third-order valence-electron chi connectivity index (χ3n) is 4.31. The molecule has 114 valence electrons. The molecule has 1 aromatic rings. The first-order valence-corrected chi connectivity index (χ1v) is 7.43. The Labute approximate surface area is 124 Å². The predicted octanol–water partition coefficient (Wildman–Crippen LogP) is 3.93. The van der Waals surface area contributed by atoms with Crippen molar-refractivity contribution < 1.29 is 19.8 Å². The second kappa shape index (κ2) is 5.88. The number of aryl methyl sites for hydroxylation is 1. The summed E-state index contributed by atoms with van der Waals surface area (Å²) in [7, 11) is 0. The van der Waals surface area contributed by atoms with Crippen LogP contribution in [0.5, 0.6) is 0 Å². The van der Waals surface area contributed by atoms with Crippen molar-refractivity contribution in [3.63, 3.8) is 0 Å². The molecule has 1 aliphatic carbocycles. The van der Waals surface area contributed by atoms with Crippen LogP contribution in [0.4, 0.5) is 0 Å². The van der Waals surface area contributed by atoms with Gasteiger partial charge >= 0.3 is 11.9 Å². The van der Waals surface area contributed by atoms with Gasteiger partial charge in [0.15, 0.2) is 0 Å². The number of hydrogen-bond acceptors (Lipinski definition) is 2. The lowest BCUT2D eigenvalue weighted by atomic mass is 9.91. The van der Waals surface area contributed by atoms with Crippen LogP contribution in [-0.2, 0) is 0 Å². The average molecular weight is 290 g/mol. The Morgan fingerprint density at radius 1 is 1.24 bits per heavy atom. The molecular formula is C17H22O4. The van der Waals surface area contributed by atoms with E-state index in [1.165, 1.54) is 6.07 Å². The molecule has 0 amide bonds. The minimum atomic E-state index is -1.04. The molecular weight excluding hydrogens is 268 g/mol. The third kappa shape index (κ3) is 3.26. The second-order valence-electron chi connectivity index (χ2n) is 6.40. The lowest BCUT2D eigenvalue weighted by molar-refractivity contribution is 0.0694. The number of aromatic carboxylic acids is 2. The monoisotopic (exact) mass is 290 g/mol. The summed E-state index contributed by atoms with van der Waals surface area (Å²) in [5.41, 5.74) is 1.50. The number of hydrogen-bond donors (Lipinski definition) is 2. The summed E-state index contributed by atoms with van der Waals surface area (Å²) in [6.45, 7) is 6.05. The van der Waals surface area contributed by atoms with E-state index in [1.54, 1.807) is 13.0 Å². The van der Waals surface area contributed by atoms with Gasteiger partial charge in [0, 0.05) is 0 Å². The first-order chi connectivity index (χ1) is 9.82. The van der Waals surface area contributed by atoms with E-state index in [0.29, 0.717) is 23.0 Å². The molecule has 2 rings (SSSR count). The summed E-state index contributed by atoms with van der Waals surface area (Å²) in [5, 5.41) is 18.8. The van der Waals surface area contributed by atoms with Gasteiger partial charge in [-0.25, -0.2) is 9.59 Å². The fourth-order valence-electron chi connectivity index (χ4n) is 3.05. The molecule has 0 aliphatic heterocycles.